The van der Waals surface area contributed by atoms with Crippen LogP contribution in [0.4, 0.5) is 0 Å². The number of aliphatic hydroxyl groups is 1. The standard InChI is InChI=1S/C35H48N4O6.ClH/c1-5-6-19-39-33(42)30(31(40)25-9-7-8-10-25)36-34(43)35(39)17-20-38(21-18-35)23-24-11-14-27(15-12-24)45-28-16-13-26(22-29(28)44-4)32(41)37(2)3;/h11-16,22,25,30-31,40H,5-10,17-21,23H2,1-4H3,(H,36,43);1H/t30-,31-;/m1./s1. The number of carbonyl (C=O) groups excluding carboxylic acids is 3. The molecule has 1 aliphatic carbocycles. The first-order chi connectivity index (χ1) is 21.7. The van der Waals surface area contributed by atoms with Crippen LogP contribution in [-0.2, 0) is 16.1 Å². The van der Waals surface area contributed by atoms with E-state index in [2.05, 4.69) is 17.1 Å². The van der Waals surface area contributed by atoms with Gasteiger partial charge < -0.3 is 29.7 Å². The van der Waals surface area contributed by atoms with Crippen LogP contribution in [0.25, 0.3) is 0 Å². The Hall–Kier alpha value is -3.34. The van der Waals surface area contributed by atoms with Gasteiger partial charge in [-0.3, -0.25) is 19.3 Å². The molecule has 1 saturated carbocycles. The molecule has 2 heterocycles. The Kier molecular flexibility index (Phi) is 12.0. The highest BCUT2D eigenvalue weighted by atomic mass is 35.5. The molecule has 0 unspecified atom stereocenters. The van der Waals surface area contributed by atoms with Gasteiger partial charge >= 0.3 is 0 Å². The molecule has 11 heteroatoms. The molecular weight excluding hydrogens is 608 g/mol. The van der Waals surface area contributed by atoms with Gasteiger partial charge in [-0.15, -0.1) is 12.4 Å². The maximum atomic E-state index is 13.8. The maximum absolute atomic E-state index is 13.8. The number of hydrogen-bond donors (Lipinski definition) is 2. The van der Waals surface area contributed by atoms with Crippen LogP contribution < -0.4 is 14.8 Å². The van der Waals surface area contributed by atoms with E-state index in [1.54, 1.807) is 39.4 Å². The first kappa shape index (κ1) is 35.5. The van der Waals surface area contributed by atoms with Crippen molar-refractivity contribution in [3.05, 3.63) is 53.6 Å². The highest BCUT2D eigenvalue weighted by Crippen LogP contribution is 2.37. The summed E-state index contributed by atoms with van der Waals surface area (Å²) in [7, 11) is 4.96. The first-order valence-electron chi connectivity index (χ1n) is 16.4. The third kappa shape index (κ3) is 7.45. The van der Waals surface area contributed by atoms with E-state index in [9.17, 15) is 19.5 Å². The van der Waals surface area contributed by atoms with Crippen molar-refractivity contribution in [1.82, 2.24) is 20.0 Å². The summed E-state index contributed by atoms with van der Waals surface area (Å²) in [4.78, 5) is 45.5. The van der Waals surface area contributed by atoms with Gasteiger partial charge in [0.1, 0.15) is 17.3 Å². The van der Waals surface area contributed by atoms with Gasteiger partial charge in [0.15, 0.2) is 11.5 Å². The van der Waals surface area contributed by atoms with Crippen LogP contribution in [0.3, 0.4) is 0 Å². The summed E-state index contributed by atoms with van der Waals surface area (Å²) in [5.74, 6) is 1.37. The van der Waals surface area contributed by atoms with Crippen LogP contribution in [0, 0.1) is 5.92 Å². The minimum Gasteiger partial charge on any atom is -0.493 e. The van der Waals surface area contributed by atoms with Gasteiger partial charge in [0, 0.05) is 45.8 Å². The van der Waals surface area contributed by atoms with Crippen molar-refractivity contribution in [3.8, 4) is 17.2 Å². The first-order valence-corrected chi connectivity index (χ1v) is 16.4. The fraction of sp³-hybridized carbons (Fsp3) is 0.571. The summed E-state index contributed by atoms with van der Waals surface area (Å²) in [5.41, 5.74) is 0.773. The average molecular weight is 657 g/mol. The van der Waals surface area contributed by atoms with Crippen LogP contribution >= 0.6 is 12.4 Å². The maximum Gasteiger partial charge on any atom is 0.253 e. The number of nitrogens with one attached hydrogen (secondary N) is 1. The zero-order valence-electron chi connectivity index (χ0n) is 27.5. The van der Waals surface area contributed by atoms with E-state index in [1.165, 1.54) is 4.90 Å². The van der Waals surface area contributed by atoms with E-state index in [1.807, 2.05) is 29.2 Å². The molecule has 3 fully saturated rings. The van der Waals surface area contributed by atoms with E-state index in [4.69, 9.17) is 9.47 Å². The van der Waals surface area contributed by atoms with E-state index in [0.717, 1.165) is 44.1 Å². The van der Waals surface area contributed by atoms with Crippen molar-refractivity contribution in [2.24, 2.45) is 5.92 Å². The van der Waals surface area contributed by atoms with Crippen LogP contribution in [0.15, 0.2) is 42.5 Å². The fourth-order valence-electron chi connectivity index (χ4n) is 7.05. The number of ether oxygens (including phenoxy) is 2. The summed E-state index contributed by atoms with van der Waals surface area (Å²) in [6, 6.07) is 12.2. The Morgan fingerprint density at radius 3 is 2.35 bits per heavy atom. The Morgan fingerprint density at radius 1 is 1.07 bits per heavy atom. The number of benzene rings is 2. The number of methoxy groups -OCH3 is 1. The number of carbonyl (C=O) groups is 3. The Morgan fingerprint density at radius 2 is 1.74 bits per heavy atom. The third-order valence-corrected chi connectivity index (χ3v) is 9.77. The number of amides is 3. The van der Waals surface area contributed by atoms with Crippen LogP contribution in [0.5, 0.6) is 17.2 Å². The van der Waals surface area contributed by atoms with Crippen molar-refractivity contribution in [2.45, 2.75) is 82.5 Å². The molecule has 252 valence electrons. The number of piperidine rings is 1. The number of rotatable bonds is 11. The smallest absolute Gasteiger partial charge is 0.253 e. The summed E-state index contributed by atoms with van der Waals surface area (Å²) in [6.45, 7) is 4.72. The predicted octanol–water partition coefficient (Wildman–Crippen LogP) is 4.62. The lowest BCUT2D eigenvalue weighted by atomic mass is 9.80. The molecule has 2 atom stereocenters. The molecule has 2 aromatic carbocycles. The van der Waals surface area contributed by atoms with E-state index >= 15 is 0 Å². The number of unbranched alkanes of at least 4 members (excludes halogenated alkanes) is 1. The lowest BCUT2D eigenvalue weighted by Crippen LogP contribution is -2.75. The second kappa shape index (κ2) is 15.5. The van der Waals surface area contributed by atoms with Gasteiger partial charge in [0.25, 0.3) is 5.91 Å². The topological polar surface area (TPSA) is 112 Å². The van der Waals surface area contributed by atoms with Gasteiger partial charge in [0.05, 0.1) is 13.2 Å². The molecule has 0 aromatic heterocycles. The predicted molar refractivity (Wildman–Crippen MR) is 179 cm³/mol. The normalized spacial score (nSPS) is 20.6. The van der Waals surface area contributed by atoms with Gasteiger partial charge in [-0.1, -0.05) is 38.3 Å². The van der Waals surface area contributed by atoms with Crippen molar-refractivity contribution < 1.29 is 29.0 Å². The fourth-order valence-corrected chi connectivity index (χ4v) is 7.05. The number of hydrogen-bond acceptors (Lipinski definition) is 7. The lowest BCUT2D eigenvalue weighted by molar-refractivity contribution is -0.165. The van der Waals surface area contributed by atoms with E-state index < -0.39 is 17.7 Å². The molecule has 1 spiro atoms. The molecular formula is C35H49ClN4O6. The van der Waals surface area contributed by atoms with Crippen molar-refractivity contribution in [3.63, 3.8) is 0 Å². The van der Waals surface area contributed by atoms with Crippen LogP contribution in [0.1, 0.15) is 74.2 Å². The molecule has 0 bridgehead atoms. The largest absolute Gasteiger partial charge is 0.493 e. The van der Waals surface area contributed by atoms with Gasteiger partial charge in [0.2, 0.25) is 11.8 Å². The van der Waals surface area contributed by atoms with Gasteiger partial charge in [-0.2, -0.15) is 0 Å². The van der Waals surface area contributed by atoms with Crippen molar-refractivity contribution in [2.75, 3.05) is 40.8 Å². The Labute approximate surface area is 278 Å². The minimum absolute atomic E-state index is 0. The number of likely N-dealkylation sites (tertiary alicyclic amines) is 1. The lowest BCUT2D eigenvalue weighted by Gasteiger charge is -2.52. The number of halogens is 1. The molecule has 10 nitrogen and oxygen atoms in total. The second-order valence-corrected chi connectivity index (χ2v) is 12.9. The average Bonchev–Trinajstić information content (AvgIpc) is 3.59. The minimum atomic E-state index is -0.863. The quantitative estimate of drug-likeness (QED) is 0.363. The van der Waals surface area contributed by atoms with E-state index in [0.29, 0.717) is 61.8 Å². The molecule has 5 rings (SSSR count). The monoisotopic (exact) mass is 656 g/mol. The van der Waals surface area contributed by atoms with Crippen LogP contribution in [-0.4, -0.2) is 96.1 Å². The zero-order valence-corrected chi connectivity index (χ0v) is 28.3. The summed E-state index contributed by atoms with van der Waals surface area (Å²) in [6.07, 6.45) is 6.00. The molecule has 2 saturated heterocycles. The number of nitrogens with zero attached hydrogens (tertiary/aromatic N) is 3. The summed E-state index contributed by atoms with van der Waals surface area (Å²) in [5, 5.41) is 14.1. The molecule has 2 N–H and O–H groups in total. The highest BCUT2D eigenvalue weighted by molar-refractivity contribution is 6.00. The van der Waals surface area contributed by atoms with Crippen molar-refractivity contribution >= 4 is 30.1 Å². The van der Waals surface area contributed by atoms with Gasteiger partial charge in [-0.25, -0.2) is 0 Å². The zero-order chi connectivity index (χ0) is 32.1. The SMILES string of the molecule is CCCCN1C(=O)[C@@H]([C@H](O)C2CCCC2)NC(=O)C12CCN(Cc1ccc(Oc3ccc(C(=O)N(C)C)cc3OC)cc1)CC2.Cl. The number of aliphatic hydroxyl groups excluding tert-OH is 1. The molecule has 2 aromatic rings. The Bertz CT molecular complexity index is 1360. The molecule has 46 heavy (non-hydrogen) atoms. The second-order valence-electron chi connectivity index (χ2n) is 12.9. The summed E-state index contributed by atoms with van der Waals surface area (Å²) >= 11 is 0. The Balaban J connectivity index is 0.00000480. The van der Waals surface area contributed by atoms with Gasteiger partial charge in [-0.05, 0) is 73.9 Å². The molecule has 2 aliphatic heterocycles. The van der Waals surface area contributed by atoms with E-state index in [-0.39, 0.29) is 36.0 Å². The number of piperazine rings is 1. The van der Waals surface area contributed by atoms with Crippen LogP contribution in [0.2, 0.25) is 0 Å². The molecule has 0 radical (unpaired) electrons. The third-order valence-electron chi connectivity index (χ3n) is 9.77. The highest BCUT2D eigenvalue weighted by Gasteiger charge is 2.55. The summed E-state index contributed by atoms with van der Waals surface area (Å²) < 4.78 is 11.6. The molecule has 3 amide bonds. The van der Waals surface area contributed by atoms with Crippen molar-refractivity contribution in [1.29, 1.82) is 0 Å². The molecule has 3 aliphatic rings.